The number of carbonyl (C=O) groups is 2. The molecule has 1 fully saturated rings. The standard InChI is InChI=1S/C21H21FN2O4/c1-23(12-14-4-2-3-5-17(14)22)21(26)15-10-20(25)24(13-15)16-6-7-18-19(11-16)28-9-8-27-18/h2-7,11,15H,8-10,12-13H2,1H3/t15-/m0/s1. The van der Waals surface area contributed by atoms with Crippen LogP contribution >= 0.6 is 0 Å². The largest absolute Gasteiger partial charge is 0.486 e. The summed E-state index contributed by atoms with van der Waals surface area (Å²) < 4.78 is 24.9. The summed E-state index contributed by atoms with van der Waals surface area (Å²) in [7, 11) is 1.63. The highest BCUT2D eigenvalue weighted by atomic mass is 19.1. The Bertz CT molecular complexity index is 917. The molecule has 0 bridgehead atoms. The molecule has 28 heavy (non-hydrogen) atoms. The second kappa shape index (κ2) is 7.50. The average molecular weight is 384 g/mol. The summed E-state index contributed by atoms with van der Waals surface area (Å²) in [4.78, 5) is 28.4. The second-order valence-electron chi connectivity index (χ2n) is 7.02. The number of nitrogens with zero attached hydrogens (tertiary/aromatic N) is 2. The average Bonchev–Trinajstić information content (AvgIpc) is 3.10. The summed E-state index contributed by atoms with van der Waals surface area (Å²) in [6.45, 7) is 1.42. The molecule has 0 saturated carbocycles. The van der Waals surface area contributed by atoms with Crippen LogP contribution in [-0.4, -0.2) is 43.5 Å². The van der Waals surface area contributed by atoms with Gasteiger partial charge in [-0.05, 0) is 18.2 Å². The molecular weight excluding hydrogens is 363 g/mol. The highest BCUT2D eigenvalue weighted by Crippen LogP contribution is 2.36. The van der Waals surface area contributed by atoms with Crippen LogP contribution in [0.15, 0.2) is 42.5 Å². The maximum atomic E-state index is 13.9. The van der Waals surface area contributed by atoms with E-state index in [2.05, 4.69) is 0 Å². The van der Waals surface area contributed by atoms with Crippen molar-refractivity contribution in [2.24, 2.45) is 5.92 Å². The Morgan fingerprint density at radius 3 is 2.71 bits per heavy atom. The summed E-state index contributed by atoms with van der Waals surface area (Å²) in [5.74, 6) is 0.160. The van der Waals surface area contributed by atoms with Crippen LogP contribution < -0.4 is 14.4 Å². The molecule has 2 heterocycles. The van der Waals surface area contributed by atoms with E-state index in [1.54, 1.807) is 48.3 Å². The molecule has 2 aliphatic heterocycles. The monoisotopic (exact) mass is 384 g/mol. The summed E-state index contributed by atoms with van der Waals surface area (Å²) in [5, 5.41) is 0. The Kier molecular flexibility index (Phi) is 4.90. The van der Waals surface area contributed by atoms with E-state index in [0.717, 1.165) is 0 Å². The maximum Gasteiger partial charge on any atom is 0.228 e. The molecule has 0 aromatic heterocycles. The first-order valence-electron chi connectivity index (χ1n) is 9.21. The lowest BCUT2D eigenvalue weighted by Gasteiger charge is -2.23. The molecule has 0 radical (unpaired) electrons. The van der Waals surface area contributed by atoms with Crippen LogP contribution in [-0.2, 0) is 16.1 Å². The van der Waals surface area contributed by atoms with Crippen LogP contribution in [0.1, 0.15) is 12.0 Å². The molecule has 0 aliphatic carbocycles. The number of ether oxygens (including phenoxy) is 2. The smallest absolute Gasteiger partial charge is 0.228 e. The Morgan fingerprint density at radius 2 is 1.93 bits per heavy atom. The van der Waals surface area contributed by atoms with Gasteiger partial charge in [0.1, 0.15) is 19.0 Å². The number of amides is 2. The number of carbonyl (C=O) groups excluding carboxylic acids is 2. The van der Waals surface area contributed by atoms with Crippen LogP contribution in [0.2, 0.25) is 0 Å². The topological polar surface area (TPSA) is 59.1 Å². The zero-order valence-electron chi connectivity index (χ0n) is 15.6. The van der Waals surface area contributed by atoms with Crippen molar-refractivity contribution in [1.29, 1.82) is 0 Å². The van der Waals surface area contributed by atoms with Gasteiger partial charge in [-0.15, -0.1) is 0 Å². The van der Waals surface area contributed by atoms with Crippen LogP contribution in [0.25, 0.3) is 0 Å². The Hall–Kier alpha value is -3.09. The molecule has 2 aromatic rings. The van der Waals surface area contributed by atoms with Crippen molar-refractivity contribution in [2.75, 3.05) is 31.7 Å². The number of benzene rings is 2. The minimum Gasteiger partial charge on any atom is -0.486 e. The van der Waals surface area contributed by atoms with Crippen molar-refractivity contribution in [3.8, 4) is 11.5 Å². The number of anilines is 1. The van der Waals surface area contributed by atoms with Crippen molar-refractivity contribution in [1.82, 2.24) is 4.90 Å². The fourth-order valence-electron chi connectivity index (χ4n) is 3.59. The molecule has 0 spiro atoms. The molecule has 4 rings (SSSR count). The van der Waals surface area contributed by atoms with Crippen molar-refractivity contribution < 1.29 is 23.5 Å². The molecule has 146 valence electrons. The Labute approximate surface area is 162 Å². The van der Waals surface area contributed by atoms with E-state index >= 15 is 0 Å². The van der Waals surface area contributed by atoms with E-state index in [1.165, 1.54) is 11.0 Å². The van der Waals surface area contributed by atoms with E-state index < -0.39 is 5.92 Å². The van der Waals surface area contributed by atoms with Gasteiger partial charge >= 0.3 is 0 Å². The first-order valence-corrected chi connectivity index (χ1v) is 9.21. The van der Waals surface area contributed by atoms with Crippen molar-refractivity contribution in [3.05, 3.63) is 53.8 Å². The third-order valence-electron chi connectivity index (χ3n) is 5.05. The Balaban J connectivity index is 1.45. The number of hydrogen-bond acceptors (Lipinski definition) is 4. The van der Waals surface area contributed by atoms with Crippen molar-refractivity contribution in [3.63, 3.8) is 0 Å². The summed E-state index contributed by atoms with van der Waals surface area (Å²) in [5.41, 5.74) is 1.13. The van der Waals surface area contributed by atoms with Gasteiger partial charge in [-0.2, -0.15) is 0 Å². The molecule has 1 atom stereocenters. The second-order valence-corrected chi connectivity index (χ2v) is 7.02. The van der Waals surface area contributed by atoms with Crippen molar-refractivity contribution in [2.45, 2.75) is 13.0 Å². The number of rotatable bonds is 4. The normalized spacial score (nSPS) is 18.3. The van der Waals surface area contributed by atoms with Gasteiger partial charge in [-0.25, -0.2) is 4.39 Å². The first-order chi connectivity index (χ1) is 13.5. The quantitative estimate of drug-likeness (QED) is 0.813. The van der Waals surface area contributed by atoms with Crippen LogP contribution in [0, 0.1) is 11.7 Å². The molecule has 7 heteroatoms. The molecule has 1 saturated heterocycles. The van der Waals surface area contributed by atoms with E-state index in [9.17, 15) is 14.0 Å². The lowest BCUT2D eigenvalue weighted by atomic mass is 10.1. The molecule has 6 nitrogen and oxygen atoms in total. The fourth-order valence-corrected chi connectivity index (χ4v) is 3.59. The highest BCUT2D eigenvalue weighted by molar-refractivity contribution is 6.00. The van der Waals surface area contributed by atoms with Gasteiger partial charge in [0, 0.05) is 43.9 Å². The van der Waals surface area contributed by atoms with Crippen molar-refractivity contribution >= 4 is 17.5 Å². The molecule has 2 amide bonds. The summed E-state index contributed by atoms with van der Waals surface area (Å²) >= 11 is 0. The zero-order chi connectivity index (χ0) is 19.7. The minimum atomic E-state index is -0.461. The zero-order valence-corrected chi connectivity index (χ0v) is 15.6. The van der Waals surface area contributed by atoms with Gasteiger partial charge < -0.3 is 19.3 Å². The molecular formula is C21H21FN2O4. The van der Waals surface area contributed by atoms with E-state index in [-0.39, 0.29) is 30.6 Å². The van der Waals surface area contributed by atoms with Crippen LogP contribution in [0.5, 0.6) is 11.5 Å². The number of hydrogen-bond donors (Lipinski definition) is 0. The fraction of sp³-hybridized carbons (Fsp3) is 0.333. The third-order valence-corrected chi connectivity index (χ3v) is 5.05. The van der Waals surface area contributed by atoms with E-state index in [0.29, 0.717) is 42.5 Å². The number of halogens is 1. The lowest BCUT2D eigenvalue weighted by molar-refractivity contribution is -0.135. The summed E-state index contributed by atoms with van der Waals surface area (Å²) in [6, 6.07) is 11.7. The van der Waals surface area contributed by atoms with E-state index in [4.69, 9.17) is 9.47 Å². The maximum absolute atomic E-state index is 13.9. The number of fused-ring (bicyclic) bond motifs is 1. The van der Waals surface area contributed by atoms with Gasteiger partial charge in [0.15, 0.2) is 11.5 Å². The predicted molar refractivity (Wildman–Crippen MR) is 101 cm³/mol. The van der Waals surface area contributed by atoms with Gasteiger partial charge in [0.2, 0.25) is 11.8 Å². The third kappa shape index (κ3) is 3.52. The molecule has 0 unspecified atom stereocenters. The lowest BCUT2D eigenvalue weighted by Crippen LogP contribution is -2.34. The molecule has 2 aromatic carbocycles. The highest BCUT2D eigenvalue weighted by Gasteiger charge is 2.37. The molecule has 0 N–H and O–H groups in total. The Morgan fingerprint density at radius 1 is 1.18 bits per heavy atom. The van der Waals surface area contributed by atoms with Gasteiger partial charge in [-0.3, -0.25) is 9.59 Å². The predicted octanol–water partition coefficient (Wildman–Crippen LogP) is 2.61. The van der Waals surface area contributed by atoms with E-state index in [1.807, 2.05) is 0 Å². The van der Waals surface area contributed by atoms with Gasteiger partial charge in [0.25, 0.3) is 0 Å². The first kappa shape index (κ1) is 18.3. The summed E-state index contributed by atoms with van der Waals surface area (Å²) in [6.07, 6.45) is 0.134. The SMILES string of the molecule is CN(Cc1ccccc1F)C(=O)[C@H]1CC(=O)N(c2ccc3c(c2)OCCO3)C1. The van der Waals surface area contributed by atoms with Crippen LogP contribution in [0.4, 0.5) is 10.1 Å². The van der Waals surface area contributed by atoms with Gasteiger partial charge in [0.05, 0.1) is 5.92 Å². The molecule has 2 aliphatic rings. The van der Waals surface area contributed by atoms with Crippen LogP contribution in [0.3, 0.4) is 0 Å². The minimum absolute atomic E-state index is 0.116. The van der Waals surface area contributed by atoms with Gasteiger partial charge in [-0.1, -0.05) is 18.2 Å².